The van der Waals surface area contributed by atoms with E-state index in [1.54, 1.807) is 12.1 Å². The molecule has 0 saturated heterocycles. The molecule has 4 heteroatoms. The molecule has 0 amide bonds. The lowest BCUT2D eigenvalue weighted by Gasteiger charge is -2.36. The molecule has 0 aromatic heterocycles. The van der Waals surface area contributed by atoms with Crippen LogP contribution in [0.5, 0.6) is 5.75 Å². The summed E-state index contributed by atoms with van der Waals surface area (Å²) in [6.45, 7) is 3.04. The van der Waals surface area contributed by atoms with E-state index in [1.165, 1.54) is 12.5 Å². The fraction of sp³-hybridized carbons (Fsp3) is 0.625. The van der Waals surface area contributed by atoms with E-state index >= 15 is 0 Å². The first-order valence-corrected chi connectivity index (χ1v) is 7.43. The third kappa shape index (κ3) is 3.70. The van der Waals surface area contributed by atoms with Crippen LogP contribution in [0.3, 0.4) is 0 Å². The molecule has 1 aromatic rings. The Morgan fingerprint density at radius 2 is 2.05 bits per heavy atom. The summed E-state index contributed by atoms with van der Waals surface area (Å²) in [6.07, 6.45) is 4.95. The second-order valence-corrected chi connectivity index (χ2v) is 5.93. The Morgan fingerprint density at radius 3 is 2.70 bits per heavy atom. The number of aromatic hydroxyl groups is 1. The highest BCUT2D eigenvalue weighted by atomic mass is 19.1. The quantitative estimate of drug-likeness (QED) is 0.778. The topological polar surface area (TPSA) is 52.5 Å². The fourth-order valence-corrected chi connectivity index (χ4v) is 2.93. The maximum absolute atomic E-state index is 13.2. The van der Waals surface area contributed by atoms with Gasteiger partial charge in [-0.2, -0.15) is 0 Å². The zero-order valence-corrected chi connectivity index (χ0v) is 12.0. The van der Waals surface area contributed by atoms with Crippen LogP contribution in [0.15, 0.2) is 18.2 Å². The van der Waals surface area contributed by atoms with Gasteiger partial charge in [0.15, 0.2) is 11.6 Å². The minimum absolute atomic E-state index is 0.304. The van der Waals surface area contributed by atoms with Gasteiger partial charge in [-0.15, -0.1) is 0 Å². The van der Waals surface area contributed by atoms with Gasteiger partial charge in [-0.1, -0.05) is 25.5 Å². The predicted molar refractivity (Wildman–Crippen MR) is 77.0 cm³/mol. The number of phenolic OH excluding ortho intramolecular Hbond substituents is 1. The van der Waals surface area contributed by atoms with Crippen LogP contribution in [0.4, 0.5) is 4.39 Å². The van der Waals surface area contributed by atoms with E-state index in [1.807, 2.05) is 0 Å². The number of para-hydroxylation sites is 1. The Labute approximate surface area is 119 Å². The molecule has 0 radical (unpaired) electrons. The van der Waals surface area contributed by atoms with Gasteiger partial charge in [0.05, 0.1) is 5.60 Å². The molecular formula is C16H24FNO2. The van der Waals surface area contributed by atoms with Crippen LogP contribution in [0.2, 0.25) is 0 Å². The second kappa shape index (κ2) is 6.55. The van der Waals surface area contributed by atoms with E-state index < -0.39 is 11.4 Å². The lowest BCUT2D eigenvalue weighted by Crippen LogP contribution is -2.43. The Balaban J connectivity index is 1.82. The third-order valence-electron chi connectivity index (χ3n) is 4.45. The molecule has 1 aliphatic rings. The average Bonchev–Trinajstić information content (AvgIpc) is 2.44. The van der Waals surface area contributed by atoms with E-state index in [9.17, 15) is 14.6 Å². The monoisotopic (exact) mass is 281 g/mol. The standard InChI is InChI=1S/C16H24FNO2/c1-2-12-6-8-16(20,9-7-12)11-18-10-13-4-3-5-14(17)15(13)19/h3-5,12,18-20H,2,6-11H2,1H3. The minimum Gasteiger partial charge on any atom is -0.505 e. The van der Waals surface area contributed by atoms with Crippen molar-refractivity contribution in [2.45, 2.75) is 51.2 Å². The molecule has 0 bridgehead atoms. The van der Waals surface area contributed by atoms with Crippen LogP contribution < -0.4 is 5.32 Å². The van der Waals surface area contributed by atoms with Crippen molar-refractivity contribution in [3.05, 3.63) is 29.6 Å². The van der Waals surface area contributed by atoms with Gasteiger partial charge in [0.2, 0.25) is 0 Å². The SMILES string of the molecule is CCC1CCC(O)(CNCc2cccc(F)c2O)CC1. The molecule has 20 heavy (non-hydrogen) atoms. The molecule has 0 heterocycles. The minimum atomic E-state index is -0.658. The van der Waals surface area contributed by atoms with Crippen molar-refractivity contribution in [2.75, 3.05) is 6.54 Å². The zero-order valence-electron chi connectivity index (χ0n) is 12.0. The van der Waals surface area contributed by atoms with Gasteiger partial charge in [-0.25, -0.2) is 4.39 Å². The first-order valence-electron chi connectivity index (χ1n) is 7.43. The van der Waals surface area contributed by atoms with Crippen molar-refractivity contribution < 1.29 is 14.6 Å². The van der Waals surface area contributed by atoms with Crippen LogP contribution in [-0.4, -0.2) is 22.4 Å². The van der Waals surface area contributed by atoms with Crippen LogP contribution in [0.25, 0.3) is 0 Å². The normalized spacial score (nSPS) is 26.6. The summed E-state index contributed by atoms with van der Waals surface area (Å²) < 4.78 is 13.2. The van der Waals surface area contributed by atoms with Gasteiger partial charge in [0, 0.05) is 18.7 Å². The molecule has 112 valence electrons. The molecule has 3 N–H and O–H groups in total. The summed E-state index contributed by atoms with van der Waals surface area (Å²) in [5.74, 6) is -0.171. The molecule has 1 fully saturated rings. The highest BCUT2D eigenvalue weighted by molar-refractivity contribution is 5.33. The second-order valence-electron chi connectivity index (χ2n) is 5.93. The van der Waals surface area contributed by atoms with Crippen molar-refractivity contribution in [2.24, 2.45) is 5.92 Å². The molecular weight excluding hydrogens is 257 g/mol. The van der Waals surface area contributed by atoms with Gasteiger partial charge in [0.25, 0.3) is 0 Å². The molecule has 2 rings (SSSR count). The predicted octanol–water partition coefficient (Wildman–Crippen LogP) is 2.95. The number of halogens is 1. The molecule has 1 aliphatic carbocycles. The molecule has 3 nitrogen and oxygen atoms in total. The summed E-state index contributed by atoms with van der Waals surface area (Å²) in [7, 11) is 0. The third-order valence-corrected chi connectivity index (χ3v) is 4.45. The number of hydrogen-bond donors (Lipinski definition) is 3. The number of hydrogen-bond acceptors (Lipinski definition) is 3. The highest BCUT2D eigenvalue weighted by Gasteiger charge is 2.32. The van der Waals surface area contributed by atoms with Crippen molar-refractivity contribution in [1.82, 2.24) is 5.32 Å². The first-order chi connectivity index (χ1) is 9.54. The van der Waals surface area contributed by atoms with Crippen molar-refractivity contribution >= 4 is 0 Å². The lowest BCUT2D eigenvalue weighted by molar-refractivity contribution is -0.00884. The van der Waals surface area contributed by atoms with Crippen LogP contribution in [0, 0.1) is 11.7 Å². The molecule has 0 unspecified atom stereocenters. The van der Waals surface area contributed by atoms with Gasteiger partial charge < -0.3 is 15.5 Å². The van der Waals surface area contributed by atoms with Crippen LogP contribution in [0.1, 0.15) is 44.6 Å². The maximum Gasteiger partial charge on any atom is 0.165 e. The lowest BCUT2D eigenvalue weighted by atomic mass is 9.78. The zero-order chi connectivity index (χ0) is 14.6. The van der Waals surface area contributed by atoms with Crippen LogP contribution >= 0.6 is 0 Å². The van der Waals surface area contributed by atoms with E-state index in [0.29, 0.717) is 18.7 Å². The highest BCUT2D eigenvalue weighted by Crippen LogP contribution is 2.33. The maximum atomic E-state index is 13.2. The number of aliphatic hydroxyl groups is 1. The number of rotatable bonds is 5. The molecule has 1 aromatic carbocycles. The summed E-state index contributed by atoms with van der Waals surface area (Å²) >= 11 is 0. The summed E-state index contributed by atoms with van der Waals surface area (Å²) in [6, 6.07) is 4.50. The summed E-state index contributed by atoms with van der Waals surface area (Å²) in [4.78, 5) is 0. The van der Waals surface area contributed by atoms with Crippen molar-refractivity contribution in [3.8, 4) is 5.75 Å². The first kappa shape index (κ1) is 15.3. The van der Waals surface area contributed by atoms with E-state index in [2.05, 4.69) is 12.2 Å². The van der Waals surface area contributed by atoms with E-state index in [4.69, 9.17) is 0 Å². The van der Waals surface area contributed by atoms with Gasteiger partial charge in [0.1, 0.15) is 0 Å². The Hall–Kier alpha value is -1.13. The molecule has 0 spiro atoms. The molecule has 0 aliphatic heterocycles. The summed E-state index contributed by atoms with van der Waals surface area (Å²) in [5.41, 5.74) is -0.134. The number of nitrogens with one attached hydrogen (secondary N) is 1. The molecule has 1 saturated carbocycles. The Bertz CT molecular complexity index is 442. The Morgan fingerprint density at radius 1 is 1.35 bits per heavy atom. The van der Waals surface area contributed by atoms with E-state index in [0.717, 1.165) is 31.6 Å². The van der Waals surface area contributed by atoms with Crippen LogP contribution in [-0.2, 0) is 6.54 Å². The van der Waals surface area contributed by atoms with Gasteiger partial charge in [-0.3, -0.25) is 0 Å². The van der Waals surface area contributed by atoms with Gasteiger partial charge in [-0.05, 0) is 37.7 Å². The summed E-state index contributed by atoms with van der Waals surface area (Å²) in [5, 5.41) is 23.2. The number of benzene rings is 1. The fourth-order valence-electron chi connectivity index (χ4n) is 2.93. The van der Waals surface area contributed by atoms with Crippen molar-refractivity contribution in [3.63, 3.8) is 0 Å². The largest absolute Gasteiger partial charge is 0.505 e. The average molecular weight is 281 g/mol. The van der Waals surface area contributed by atoms with E-state index in [-0.39, 0.29) is 5.75 Å². The smallest absolute Gasteiger partial charge is 0.165 e. The van der Waals surface area contributed by atoms with Gasteiger partial charge >= 0.3 is 0 Å². The Kier molecular flexibility index (Phi) is 5.00. The van der Waals surface area contributed by atoms with Crippen molar-refractivity contribution in [1.29, 1.82) is 0 Å². The molecule has 0 atom stereocenters. The number of phenols is 1.